The smallest absolute Gasteiger partial charge is 0.323 e. The van der Waals surface area contributed by atoms with Gasteiger partial charge in [-0.05, 0) is 58.7 Å². The first-order valence-corrected chi connectivity index (χ1v) is 11.0. The molecule has 0 aromatic heterocycles. The van der Waals surface area contributed by atoms with Crippen molar-refractivity contribution in [2.45, 2.75) is 13.1 Å². The van der Waals surface area contributed by atoms with Crippen LogP contribution in [0.25, 0.3) is 11.1 Å². The highest BCUT2D eigenvalue weighted by molar-refractivity contribution is 5.99. The average Bonchev–Trinajstić information content (AvgIpc) is 2.88. The Morgan fingerprint density at radius 3 is 2.15 bits per heavy atom. The molecule has 5 N–H and O–H groups in total. The SMILES string of the molecule is NCc1ccccc1-c1ccc(C(=O)NCc2cccc(NC(=O)Nc3ccccc3)c2)cc1. The maximum absolute atomic E-state index is 12.6. The van der Waals surface area contributed by atoms with E-state index < -0.39 is 0 Å². The molecule has 0 aliphatic rings. The zero-order valence-corrected chi connectivity index (χ0v) is 18.6. The fourth-order valence-electron chi connectivity index (χ4n) is 3.64. The second-order valence-corrected chi connectivity index (χ2v) is 7.77. The van der Waals surface area contributed by atoms with Crippen LogP contribution in [-0.4, -0.2) is 11.9 Å². The molecule has 0 unspecified atom stereocenters. The molecule has 0 fully saturated rings. The molecular formula is C28H26N4O2. The molecule has 3 amide bonds. The van der Waals surface area contributed by atoms with Crippen molar-refractivity contribution in [1.29, 1.82) is 0 Å². The van der Waals surface area contributed by atoms with Crippen molar-refractivity contribution in [3.8, 4) is 11.1 Å². The Balaban J connectivity index is 1.34. The number of hydrogen-bond acceptors (Lipinski definition) is 3. The molecule has 170 valence electrons. The highest BCUT2D eigenvalue weighted by Crippen LogP contribution is 2.24. The van der Waals surface area contributed by atoms with Crippen molar-refractivity contribution in [2.24, 2.45) is 5.73 Å². The van der Waals surface area contributed by atoms with Crippen LogP contribution >= 0.6 is 0 Å². The number of carbonyl (C=O) groups excluding carboxylic acids is 2. The fourth-order valence-corrected chi connectivity index (χ4v) is 3.64. The van der Waals surface area contributed by atoms with Gasteiger partial charge in [-0.15, -0.1) is 0 Å². The number of hydrogen-bond donors (Lipinski definition) is 4. The molecular weight excluding hydrogens is 424 g/mol. The summed E-state index contributed by atoms with van der Waals surface area (Å²) >= 11 is 0. The van der Waals surface area contributed by atoms with Gasteiger partial charge in [0, 0.05) is 30.0 Å². The second kappa shape index (κ2) is 10.9. The minimum Gasteiger partial charge on any atom is -0.348 e. The van der Waals surface area contributed by atoms with E-state index in [1.165, 1.54) is 0 Å². The maximum atomic E-state index is 12.6. The van der Waals surface area contributed by atoms with Crippen LogP contribution in [0.3, 0.4) is 0 Å². The van der Waals surface area contributed by atoms with Crippen molar-refractivity contribution in [3.05, 3.63) is 120 Å². The van der Waals surface area contributed by atoms with Crippen LogP contribution < -0.4 is 21.7 Å². The fraction of sp³-hybridized carbons (Fsp3) is 0.0714. The van der Waals surface area contributed by atoms with E-state index in [0.717, 1.165) is 22.3 Å². The molecule has 0 spiro atoms. The summed E-state index contributed by atoms with van der Waals surface area (Å²) < 4.78 is 0. The van der Waals surface area contributed by atoms with Crippen molar-refractivity contribution >= 4 is 23.3 Å². The lowest BCUT2D eigenvalue weighted by atomic mass is 9.98. The van der Waals surface area contributed by atoms with Gasteiger partial charge in [-0.3, -0.25) is 4.79 Å². The van der Waals surface area contributed by atoms with E-state index in [2.05, 4.69) is 16.0 Å². The first-order valence-electron chi connectivity index (χ1n) is 11.0. The number of rotatable bonds is 7. The Morgan fingerprint density at radius 2 is 1.38 bits per heavy atom. The lowest BCUT2D eigenvalue weighted by Crippen LogP contribution is -2.23. The van der Waals surface area contributed by atoms with E-state index in [4.69, 9.17) is 5.73 Å². The molecule has 4 aromatic carbocycles. The normalized spacial score (nSPS) is 10.4. The lowest BCUT2D eigenvalue weighted by Gasteiger charge is -2.11. The summed E-state index contributed by atoms with van der Waals surface area (Å²) in [7, 11) is 0. The monoisotopic (exact) mass is 450 g/mol. The van der Waals surface area contributed by atoms with Gasteiger partial charge in [0.1, 0.15) is 0 Å². The van der Waals surface area contributed by atoms with E-state index in [1.54, 1.807) is 6.07 Å². The first-order chi connectivity index (χ1) is 16.6. The third kappa shape index (κ3) is 5.88. The van der Waals surface area contributed by atoms with Crippen LogP contribution in [0.1, 0.15) is 21.5 Å². The van der Waals surface area contributed by atoms with Gasteiger partial charge in [-0.2, -0.15) is 0 Å². The van der Waals surface area contributed by atoms with Gasteiger partial charge in [0.2, 0.25) is 0 Å². The molecule has 6 heteroatoms. The number of amides is 3. The summed E-state index contributed by atoms with van der Waals surface area (Å²) in [6.07, 6.45) is 0. The standard InChI is InChI=1S/C28H26N4O2/c29-18-23-8-4-5-12-26(23)21-13-15-22(16-14-21)27(33)30-19-20-7-6-11-25(17-20)32-28(34)31-24-9-2-1-3-10-24/h1-17H,18-19,29H2,(H,30,33)(H2,31,32,34). The van der Waals surface area contributed by atoms with E-state index >= 15 is 0 Å². The molecule has 4 aromatic rings. The Morgan fingerprint density at radius 1 is 0.706 bits per heavy atom. The van der Waals surface area contributed by atoms with Gasteiger partial charge >= 0.3 is 6.03 Å². The molecule has 0 saturated heterocycles. The third-order valence-corrected chi connectivity index (χ3v) is 5.36. The van der Waals surface area contributed by atoms with Crippen LogP contribution in [-0.2, 0) is 13.1 Å². The number of carbonyl (C=O) groups is 2. The molecule has 0 heterocycles. The quantitative estimate of drug-likeness (QED) is 0.304. The third-order valence-electron chi connectivity index (χ3n) is 5.36. The Hall–Kier alpha value is -4.42. The first kappa shape index (κ1) is 22.8. The van der Waals surface area contributed by atoms with E-state index in [1.807, 2.05) is 97.1 Å². The van der Waals surface area contributed by atoms with Crippen molar-refractivity contribution in [3.63, 3.8) is 0 Å². The van der Waals surface area contributed by atoms with Crippen LogP contribution in [0.15, 0.2) is 103 Å². The molecule has 0 saturated carbocycles. The Kier molecular flexibility index (Phi) is 7.32. The Bertz CT molecular complexity index is 1270. The van der Waals surface area contributed by atoms with Gasteiger partial charge < -0.3 is 21.7 Å². The van der Waals surface area contributed by atoms with E-state index in [0.29, 0.717) is 30.0 Å². The number of anilines is 2. The van der Waals surface area contributed by atoms with Gasteiger partial charge in [-0.25, -0.2) is 4.79 Å². The molecule has 0 radical (unpaired) electrons. The zero-order valence-electron chi connectivity index (χ0n) is 18.6. The number of nitrogens with two attached hydrogens (primary N) is 1. The second-order valence-electron chi connectivity index (χ2n) is 7.77. The summed E-state index contributed by atoms with van der Waals surface area (Å²) in [5.74, 6) is -0.168. The molecule has 6 nitrogen and oxygen atoms in total. The average molecular weight is 451 g/mol. The maximum Gasteiger partial charge on any atom is 0.323 e. The molecule has 0 atom stereocenters. The summed E-state index contributed by atoms with van der Waals surface area (Å²) in [6.45, 7) is 0.798. The zero-order chi connectivity index (χ0) is 23.8. The van der Waals surface area contributed by atoms with Gasteiger partial charge in [0.05, 0.1) is 0 Å². The summed E-state index contributed by atoms with van der Waals surface area (Å²) in [5.41, 5.74) is 11.8. The number of benzene rings is 4. The predicted octanol–water partition coefficient (Wildman–Crippen LogP) is 5.39. The Labute approximate surface area is 198 Å². The van der Waals surface area contributed by atoms with E-state index in [-0.39, 0.29) is 11.9 Å². The largest absolute Gasteiger partial charge is 0.348 e. The van der Waals surface area contributed by atoms with Gasteiger partial charge in [-0.1, -0.05) is 66.7 Å². The van der Waals surface area contributed by atoms with Crippen LogP contribution in [0.4, 0.5) is 16.2 Å². The number of para-hydroxylation sites is 1. The molecule has 0 aliphatic carbocycles. The molecule has 0 aliphatic heterocycles. The predicted molar refractivity (Wildman–Crippen MR) is 136 cm³/mol. The van der Waals surface area contributed by atoms with Gasteiger partial charge in [0.25, 0.3) is 5.91 Å². The highest BCUT2D eigenvalue weighted by Gasteiger charge is 2.09. The minimum atomic E-state index is -0.330. The van der Waals surface area contributed by atoms with Crippen molar-refractivity contribution in [2.75, 3.05) is 10.6 Å². The highest BCUT2D eigenvalue weighted by atomic mass is 16.2. The van der Waals surface area contributed by atoms with Gasteiger partial charge in [0.15, 0.2) is 0 Å². The number of urea groups is 1. The molecule has 34 heavy (non-hydrogen) atoms. The van der Waals surface area contributed by atoms with Crippen molar-refractivity contribution < 1.29 is 9.59 Å². The summed E-state index contributed by atoms with van der Waals surface area (Å²) in [4.78, 5) is 24.9. The topological polar surface area (TPSA) is 96.2 Å². The lowest BCUT2D eigenvalue weighted by molar-refractivity contribution is 0.0951. The number of nitrogens with one attached hydrogen (secondary N) is 3. The summed E-state index contributed by atoms with van der Waals surface area (Å²) in [6, 6.07) is 31.7. The van der Waals surface area contributed by atoms with Crippen LogP contribution in [0.2, 0.25) is 0 Å². The van der Waals surface area contributed by atoms with Crippen LogP contribution in [0, 0.1) is 0 Å². The minimum absolute atomic E-state index is 0.168. The van der Waals surface area contributed by atoms with Crippen LogP contribution in [0.5, 0.6) is 0 Å². The van der Waals surface area contributed by atoms with E-state index in [9.17, 15) is 9.59 Å². The van der Waals surface area contributed by atoms with Crippen molar-refractivity contribution in [1.82, 2.24) is 5.32 Å². The molecule has 4 rings (SSSR count). The summed E-state index contributed by atoms with van der Waals surface area (Å²) in [5, 5.41) is 8.52. The molecule has 0 bridgehead atoms.